The molecule has 2 atom stereocenters. The summed E-state index contributed by atoms with van der Waals surface area (Å²) in [6.07, 6.45) is 0. The highest BCUT2D eigenvalue weighted by atomic mass is 16.6. The van der Waals surface area contributed by atoms with Crippen molar-refractivity contribution in [2.24, 2.45) is 5.92 Å². The van der Waals surface area contributed by atoms with E-state index in [9.17, 15) is 9.59 Å². The number of rotatable bonds is 6. The lowest BCUT2D eigenvalue weighted by Gasteiger charge is -2.18. The van der Waals surface area contributed by atoms with Gasteiger partial charge < -0.3 is 23.7 Å². The Bertz CT molecular complexity index is 571. The first-order valence-corrected chi connectivity index (χ1v) is 7.20. The van der Waals surface area contributed by atoms with Gasteiger partial charge in [-0.15, -0.1) is 0 Å². The van der Waals surface area contributed by atoms with E-state index in [0.29, 0.717) is 22.8 Å². The Kier molecular flexibility index (Phi) is 5.31. The zero-order valence-electron chi connectivity index (χ0n) is 13.6. The van der Waals surface area contributed by atoms with Crippen molar-refractivity contribution in [2.45, 2.75) is 12.8 Å². The topological polar surface area (TPSA) is 80.3 Å². The van der Waals surface area contributed by atoms with Crippen molar-refractivity contribution in [2.75, 3.05) is 34.5 Å². The van der Waals surface area contributed by atoms with Crippen molar-refractivity contribution in [3.8, 4) is 17.2 Å². The van der Waals surface area contributed by atoms with Gasteiger partial charge in [-0.2, -0.15) is 0 Å². The molecule has 1 saturated heterocycles. The summed E-state index contributed by atoms with van der Waals surface area (Å²) in [6.45, 7) is 1.98. The van der Waals surface area contributed by atoms with Crippen LogP contribution in [-0.4, -0.2) is 46.5 Å². The van der Waals surface area contributed by atoms with Gasteiger partial charge in [-0.25, -0.2) is 0 Å². The molecule has 0 N–H and O–H groups in total. The Hall–Kier alpha value is -2.44. The molecule has 7 heteroatoms. The van der Waals surface area contributed by atoms with Crippen LogP contribution in [0.2, 0.25) is 0 Å². The van der Waals surface area contributed by atoms with E-state index in [2.05, 4.69) is 0 Å². The quantitative estimate of drug-likeness (QED) is 0.580. The van der Waals surface area contributed by atoms with Crippen molar-refractivity contribution in [3.63, 3.8) is 0 Å². The number of cyclic esters (lactones) is 1. The van der Waals surface area contributed by atoms with Gasteiger partial charge in [-0.3, -0.25) is 9.59 Å². The smallest absolute Gasteiger partial charge is 0.321 e. The van der Waals surface area contributed by atoms with Gasteiger partial charge in [0.05, 0.1) is 34.5 Å². The predicted octanol–water partition coefficient (Wildman–Crippen LogP) is 1.53. The molecule has 1 aromatic carbocycles. The van der Waals surface area contributed by atoms with Gasteiger partial charge >= 0.3 is 11.9 Å². The van der Waals surface area contributed by atoms with E-state index in [0.717, 1.165) is 0 Å². The molecule has 0 unspecified atom stereocenters. The third kappa shape index (κ3) is 3.18. The summed E-state index contributed by atoms with van der Waals surface area (Å²) in [5, 5.41) is 0. The van der Waals surface area contributed by atoms with Gasteiger partial charge in [0.25, 0.3) is 0 Å². The lowest BCUT2D eigenvalue weighted by molar-refractivity contribution is -0.155. The number of methoxy groups -OCH3 is 3. The maximum absolute atomic E-state index is 12.1. The molecule has 1 heterocycles. The van der Waals surface area contributed by atoms with E-state index < -0.39 is 23.8 Å². The van der Waals surface area contributed by atoms with Crippen LogP contribution >= 0.6 is 0 Å². The molecule has 7 nitrogen and oxygen atoms in total. The normalized spacial score (nSPS) is 19.9. The SMILES string of the molecule is CCOC(=O)[C@H]1C(=O)OC[C@@H]1c1cc(OC)c(OC)c(OC)c1. The molecule has 0 saturated carbocycles. The van der Waals surface area contributed by atoms with Crippen LogP contribution in [0.25, 0.3) is 0 Å². The first-order chi connectivity index (χ1) is 11.1. The van der Waals surface area contributed by atoms with Gasteiger partial charge in [-0.05, 0) is 24.6 Å². The number of carbonyl (C=O) groups is 2. The van der Waals surface area contributed by atoms with Crippen molar-refractivity contribution in [3.05, 3.63) is 17.7 Å². The average molecular weight is 324 g/mol. The van der Waals surface area contributed by atoms with Crippen LogP contribution in [0.4, 0.5) is 0 Å². The van der Waals surface area contributed by atoms with Crippen LogP contribution in [0.1, 0.15) is 18.4 Å². The first-order valence-electron chi connectivity index (χ1n) is 7.20. The lowest BCUT2D eigenvalue weighted by Crippen LogP contribution is -2.26. The molecule has 0 radical (unpaired) electrons. The molecule has 0 spiro atoms. The van der Waals surface area contributed by atoms with Gasteiger partial charge in [0, 0.05) is 5.92 Å². The average Bonchev–Trinajstić information content (AvgIpc) is 2.95. The van der Waals surface area contributed by atoms with Gasteiger partial charge in [0.1, 0.15) is 0 Å². The highest BCUT2D eigenvalue weighted by Gasteiger charge is 2.44. The molecule has 0 aliphatic carbocycles. The van der Waals surface area contributed by atoms with Crippen LogP contribution in [0.5, 0.6) is 17.2 Å². The molecule has 0 aromatic heterocycles. The fourth-order valence-corrected chi connectivity index (χ4v) is 2.62. The summed E-state index contributed by atoms with van der Waals surface area (Å²) in [5.74, 6) is -1.28. The minimum Gasteiger partial charge on any atom is -0.493 e. The lowest BCUT2D eigenvalue weighted by atomic mass is 9.88. The molecular formula is C16H20O7. The van der Waals surface area contributed by atoms with Gasteiger partial charge in [0.2, 0.25) is 5.75 Å². The van der Waals surface area contributed by atoms with E-state index in [4.69, 9.17) is 23.7 Å². The largest absolute Gasteiger partial charge is 0.493 e. The maximum Gasteiger partial charge on any atom is 0.321 e. The Morgan fingerprint density at radius 1 is 1.17 bits per heavy atom. The zero-order valence-corrected chi connectivity index (χ0v) is 13.6. The van der Waals surface area contributed by atoms with Gasteiger partial charge in [0.15, 0.2) is 17.4 Å². The molecular weight excluding hydrogens is 304 g/mol. The second kappa shape index (κ2) is 7.21. The molecule has 1 aliphatic rings. The summed E-state index contributed by atoms with van der Waals surface area (Å²) in [6, 6.07) is 3.42. The van der Waals surface area contributed by atoms with E-state index >= 15 is 0 Å². The number of hydrogen-bond donors (Lipinski definition) is 0. The molecule has 0 bridgehead atoms. The van der Waals surface area contributed by atoms with Crippen molar-refractivity contribution < 1.29 is 33.3 Å². The van der Waals surface area contributed by atoms with Crippen LogP contribution in [0.15, 0.2) is 12.1 Å². The predicted molar refractivity (Wildman–Crippen MR) is 79.9 cm³/mol. The molecule has 2 rings (SSSR count). The minimum atomic E-state index is -0.988. The molecule has 23 heavy (non-hydrogen) atoms. The summed E-state index contributed by atoms with van der Waals surface area (Å²) in [5.41, 5.74) is 0.684. The molecule has 0 amide bonds. The summed E-state index contributed by atoms with van der Waals surface area (Å²) >= 11 is 0. The number of carbonyl (C=O) groups excluding carboxylic acids is 2. The summed E-state index contributed by atoms with van der Waals surface area (Å²) in [7, 11) is 4.50. The molecule has 126 valence electrons. The van der Waals surface area contributed by atoms with Crippen LogP contribution in [0.3, 0.4) is 0 Å². The number of esters is 2. The second-order valence-corrected chi connectivity index (χ2v) is 4.92. The van der Waals surface area contributed by atoms with Crippen LogP contribution in [-0.2, 0) is 19.1 Å². The number of ether oxygens (including phenoxy) is 5. The molecule has 1 fully saturated rings. The number of benzene rings is 1. The maximum atomic E-state index is 12.1. The van der Waals surface area contributed by atoms with Crippen molar-refractivity contribution in [1.82, 2.24) is 0 Å². The van der Waals surface area contributed by atoms with Gasteiger partial charge in [-0.1, -0.05) is 0 Å². The fourth-order valence-electron chi connectivity index (χ4n) is 2.62. The Labute approximate surface area is 134 Å². The molecule has 1 aliphatic heterocycles. The monoisotopic (exact) mass is 324 g/mol. The second-order valence-electron chi connectivity index (χ2n) is 4.92. The number of hydrogen-bond acceptors (Lipinski definition) is 7. The highest BCUT2D eigenvalue weighted by molar-refractivity contribution is 5.97. The third-order valence-corrected chi connectivity index (χ3v) is 3.72. The Morgan fingerprint density at radius 2 is 1.78 bits per heavy atom. The Morgan fingerprint density at radius 3 is 2.26 bits per heavy atom. The van der Waals surface area contributed by atoms with E-state index in [1.165, 1.54) is 21.3 Å². The van der Waals surface area contributed by atoms with Crippen LogP contribution in [0, 0.1) is 5.92 Å². The van der Waals surface area contributed by atoms with E-state index in [1.807, 2.05) is 0 Å². The Balaban J connectivity index is 2.43. The standard InChI is InChI=1S/C16H20O7/c1-5-22-15(17)13-10(8-23-16(13)18)9-6-11(19-2)14(21-4)12(7-9)20-3/h6-7,10,13H,5,8H2,1-4H3/t10-,13+/m1/s1. The first kappa shape index (κ1) is 16.9. The van der Waals surface area contributed by atoms with Crippen molar-refractivity contribution in [1.29, 1.82) is 0 Å². The fraction of sp³-hybridized carbons (Fsp3) is 0.500. The highest BCUT2D eigenvalue weighted by Crippen LogP contribution is 2.43. The van der Waals surface area contributed by atoms with Crippen LogP contribution < -0.4 is 14.2 Å². The zero-order chi connectivity index (χ0) is 17.0. The van der Waals surface area contributed by atoms with E-state index in [-0.39, 0.29) is 13.2 Å². The summed E-state index contributed by atoms with van der Waals surface area (Å²) in [4.78, 5) is 24.0. The third-order valence-electron chi connectivity index (χ3n) is 3.72. The summed E-state index contributed by atoms with van der Waals surface area (Å²) < 4.78 is 25.9. The van der Waals surface area contributed by atoms with Crippen molar-refractivity contribution >= 4 is 11.9 Å². The molecule has 1 aromatic rings. The van der Waals surface area contributed by atoms with E-state index in [1.54, 1.807) is 19.1 Å². The minimum absolute atomic E-state index is 0.0982.